The molecule has 0 radical (unpaired) electrons. The van der Waals surface area contributed by atoms with E-state index in [2.05, 4.69) is 27.7 Å². The van der Waals surface area contributed by atoms with Crippen molar-refractivity contribution in [2.24, 2.45) is 11.8 Å². The zero-order valence-corrected chi connectivity index (χ0v) is 19.7. The van der Waals surface area contributed by atoms with Gasteiger partial charge in [0.25, 0.3) is 0 Å². The molecule has 0 amide bonds. The lowest BCUT2D eigenvalue weighted by Crippen LogP contribution is -2.30. The fourth-order valence-electron chi connectivity index (χ4n) is 3.68. The largest absolute Gasteiger partial charge is 0.508 e. The number of hydrogen-bond acceptors (Lipinski definition) is 6. The van der Waals surface area contributed by atoms with E-state index in [1.54, 1.807) is 0 Å². The summed E-state index contributed by atoms with van der Waals surface area (Å²) in [7, 11) is 0. The van der Waals surface area contributed by atoms with Crippen molar-refractivity contribution in [3.8, 4) is 0 Å². The summed E-state index contributed by atoms with van der Waals surface area (Å²) in [5, 5.41) is 0. The molecule has 0 aromatic carbocycles. The lowest BCUT2D eigenvalue weighted by molar-refractivity contribution is -0.0296. The molecular formula is C24H44O6. The summed E-state index contributed by atoms with van der Waals surface area (Å²) in [5.74, 6) is 1.12. The van der Waals surface area contributed by atoms with Crippen LogP contribution in [0.25, 0.3) is 0 Å². The Balaban J connectivity index is 2.10. The third kappa shape index (κ3) is 13.0. The zero-order chi connectivity index (χ0) is 22.2. The van der Waals surface area contributed by atoms with Crippen molar-refractivity contribution in [3.63, 3.8) is 0 Å². The maximum atomic E-state index is 11.9. The molecule has 6 nitrogen and oxygen atoms in total. The van der Waals surface area contributed by atoms with E-state index in [4.69, 9.17) is 18.9 Å². The minimum Gasteiger partial charge on any atom is -0.434 e. The van der Waals surface area contributed by atoms with Crippen LogP contribution in [0.2, 0.25) is 0 Å². The second kappa shape index (κ2) is 16.3. The molecule has 1 fully saturated rings. The van der Waals surface area contributed by atoms with Gasteiger partial charge in [0, 0.05) is 0 Å². The van der Waals surface area contributed by atoms with Gasteiger partial charge in [0.15, 0.2) is 0 Å². The van der Waals surface area contributed by atoms with Crippen LogP contribution < -0.4 is 0 Å². The quantitative estimate of drug-likeness (QED) is 0.218. The topological polar surface area (TPSA) is 71.1 Å². The summed E-state index contributed by atoms with van der Waals surface area (Å²) in [6, 6.07) is 0. The van der Waals surface area contributed by atoms with Crippen molar-refractivity contribution < 1.29 is 28.5 Å². The molecular weight excluding hydrogens is 384 g/mol. The fourth-order valence-corrected chi connectivity index (χ4v) is 3.68. The predicted molar refractivity (Wildman–Crippen MR) is 118 cm³/mol. The summed E-state index contributed by atoms with van der Waals surface area (Å²) in [6.07, 6.45) is 9.94. The Bertz CT molecular complexity index is 457. The molecule has 0 saturated heterocycles. The summed E-state index contributed by atoms with van der Waals surface area (Å²) >= 11 is 0. The van der Waals surface area contributed by atoms with E-state index in [1.807, 2.05) is 0 Å². The maximum Gasteiger partial charge on any atom is 0.508 e. The molecule has 0 heterocycles. The smallest absolute Gasteiger partial charge is 0.434 e. The van der Waals surface area contributed by atoms with Crippen LogP contribution in [0, 0.1) is 11.8 Å². The van der Waals surface area contributed by atoms with Gasteiger partial charge in [-0.25, -0.2) is 9.59 Å². The maximum absolute atomic E-state index is 11.9. The van der Waals surface area contributed by atoms with Crippen LogP contribution in [0.15, 0.2) is 0 Å². The highest BCUT2D eigenvalue weighted by Gasteiger charge is 2.27. The molecule has 1 unspecified atom stereocenters. The third-order valence-corrected chi connectivity index (χ3v) is 5.77. The first-order chi connectivity index (χ1) is 14.4. The van der Waals surface area contributed by atoms with Crippen molar-refractivity contribution in [2.45, 2.75) is 117 Å². The number of carbonyl (C=O) groups is 2. The number of ether oxygens (including phenoxy) is 4. The zero-order valence-electron chi connectivity index (χ0n) is 19.7. The molecule has 30 heavy (non-hydrogen) atoms. The SMILES string of the molecule is CCCCC(CC)COC(=O)OC1CCC(OC(=O)OCCCCCC(C)C)CC1. The normalized spacial score (nSPS) is 19.9. The Morgan fingerprint density at radius 2 is 1.40 bits per heavy atom. The van der Waals surface area contributed by atoms with Crippen LogP contribution in [0.1, 0.15) is 105 Å². The standard InChI is InChI=1S/C24H44O6/c1-5-7-12-20(6-2)18-28-24(26)30-22-15-13-21(14-16-22)29-23(25)27-17-10-8-9-11-19(3)4/h19-22H,5-18H2,1-4H3. The van der Waals surface area contributed by atoms with Gasteiger partial charge in [0.1, 0.15) is 12.2 Å². The van der Waals surface area contributed by atoms with Crippen molar-refractivity contribution in [1.29, 1.82) is 0 Å². The first-order valence-electron chi connectivity index (χ1n) is 12.1. The summed E-state index contributed by atoms with van der Waals surface area (Å²) < 4.78 is 21.3. The molecule has 1 atom stereocenters. The number of carbonyl (C=O) groups excluding carboxylic acids is 2. The van der Waals surface area contributed by atoms with Crippen molar-refractivity contribution in [3.05, 3.63) is 0 Å². The Morgan fingerprint density at radius 3 is 1.93 bits per heavy atom. The highest BCUT2D eigenvalue weighted by molar-refractivity contribution is 5.60. The molecule has 0 aromatic heterocycles. The summed E-state index contributed by atoms with van der Waals surface area (Å²) in [4.78, 5) is 23.8. The molecule has 0 aliphatic heterocycles. The fraction of sp³-hybridized carbons (Fsp3) is 0.917. The molecule has 1 aliphatic rings. The van der Waals surface area contributed by atoms with Crippen molar-refractivity contribution >= 4 is 12.3 Å². The van der Waals surface area contributed by atoms with Gasteiger partial charge in [-0.15, -0.1) is 0 Å². The van der Waals surface area contributed by atoms with Crippen molar-refractivity contribution in [2.75, 3.05) is 13.2 Å². The molecule has 1 aliphatic carbocycles. The highest BCUT2D eigenvalue weighted by atomic mass is 16.7. The number of unbranched alkanes of at least 4 members (excludes halogenated alkanes) is 3. The molecule has 176 valence electrons. The van der Waals surface area contributed by atoms with Gasteiger partial charge in [0.2, 0.25) is 0 Å². The first-order valence-corrected chi connectivity index (χ1v) is 12.1. The molecule has 1 saturated carbocycles. The Morgan fingerprint density at radius 1 is 0.800 bits per heavy atom. The molecule has 1 rings (SSSR count). The van der Waals surface area contributed by atoms with Crippen LogP contribution >= 0.6 is 0 Å². The van der Waals surface area contributed by atoms with Gasteiger partial charge < -0.3 is 18.9 Å². The predicted octanol–water partition coefficient (Wildman–Crippen LogP) is 7.04. The van der Waals surface area contributed by atoms with Gasteiger partial charge in [-0.05, 0) is 50.4 Å². The molecule has 0 N–H and O–H groups in total. The van der Waals surface area contributed by atoms with Crippen molar-refractivity contribution in [1.82, 2.24) is 0 Å². The van der Waals surface area contributed by atoms with E-state index in [0.29, 0.717) is 44.8 Å². The van der Waals surface area contributed by atoms with Crippen LogP contribution in [0.5, 0.6) is 0 Å². The van der Waals surface area contributed by atoms with E-state index >= 15 is 0 Å². The average molecular weight is 429 g/mol. The van der Waals surface area contributed by atoms with Gasteiger partial charge in [-0.2, -0.15) is 0 Å². The lowest BCUT2D eigenvalue weighted by Gasteiger charge is -2.27. The Kier molecular flexibility index (Phi) is 14.4. The van der Waals surface area contributed by atoms with Crippen LogP contribution in [-0.2, 0) is 18.9 Å². The Hall–Kier alpha value is -1.46. The second-order valence-corrected chi connectivity index (χ2v) is 8.95. The van der Waals surface area contributed by atoms with Gasteiger partial charge in [-0.3, -0.25) is 0 Å². The monoisotopic (exact) mass is 428 g/mol. The minimum absolute atomic E-state index is 0.159. The molecule has 0 bridgehead atoms. The lowest BCUT2D eigenvalue weighted by atomic mass is 9.95. The van der Waals surface area contributed by atoms with E-state index in [0.717, 1.165) is 44.4 Å². The number of hydrogen-bond donors (Lipinski definition) is 0. The van der Waals surface area contributed by atoms with Gasteiger partial charge >= 0.3 is 12.3 Å². The number of rotatable bonds is 14. The second-order valence-electron chi connectivity index (χ2n) is 8.95. The van der Waals surface area contributed by atoms with Gasteiger partial charge in [0.05, 0.1) is 13.2 Å². The average Bonchev–Trinajstić information content (AvgIpc) is 2.72. The summed E-state index contributed by atoms with van der Waals surface area (Å²) in [6.45, 7) is 9.56. The molecule has 6 heteroatoms. The van der Waals surface area contributed by atoms with E-state index in [-0.39, 0.29) is 12.2 Å². The van der Waals surface area contributed by atoms with Gasteiger partial charge in [-0.1, -0.05) is 66.2 Å². The Labute approximate surface area is 183 Å². The molecule has 0 aromatic rings. The summed E-state index contributed by atoms with van der Waals surface area (Å²) in [5.41, 5.74) is 0. The third-order valence-electron chi connectivity index (χ3n) is 5.77. The van der Waals surface area contributed by atoms with E-state index < -0.39 is 12.3 Å². The van der Waals surface area contributed by atoms with Crippen LogP contribution in [-0.4, -0.2) is 37.7 Å². The van der Waals surface area contributed by atoms with E-state index in [1.165, 1.54) is 12.8 Å². The van der Waals surface area contributed by atoms with Crippen LogP contribution in [0.4, 0.5) is 9.59 Å². The minimum atomic E-state index is -0.583. The van der Waals surface area contributed by atoms with E-state index in [9.17, 15) is 9.59 Å². The molecule has 0 spiro atoms. The first kappa shape index (κ1) is 26.6. The highest BCUT2D eigenvalue weighted by Crippen LogP contribution is 2.24. The van der Waals surface area contributed by atoms with Crippen LogP contribution in [0.3, 0.4) is 0 Å².